The molecule has 0 saturated heterocycles. The lowest BCUT2D eigenvalue weighted by Crippen LogP contribution is -2.53. The summed E-state index contributed by atoms with van der Waals surface area (Å²) in [5.41, 5.74) is 2.55. The van der Waals surface area contributed by atoms with E-state index in [4.69, 9.17) is 0 Å². The van der Waals surface area contributed by atoms with E-state index in [1.807, 2.05) is 19.1 Å². The van der Waals surface area contributed by atoms with Crippen molar-refractivity contribution in [2.24, 2.45) is 0 Å². The number of carbonyl (C=O) groups excluding carboxylic acids is 2. The van der Waals surface area contributed by atoms with Gasteiger partial charge in [-0.25, -0.2) is 12.8 Å². The second kappa shape index (κ2) is 13.3. The number of sulfonamides is 1. The Labute approximate surface area is 242 Å². The lowest BCUT2D eigenvalue weighted by Gasteiger charge is -2.33. The topological polar surface area (TPSA) is 86.8 Å². The smallest absolute Gasteiger partial charge is 0.264 e. The molecule has 3 aromatic rings. The van der Waals surface area contributed by atoms with Gasteiger partial charge in [-0.1, -0.05) is 61.7 Å². The number of nitrogens with zero attached hydrogens (tertiary/aromatic N) is 2. The molecule has 4 rings (SSSR count). The Balaban J connectivity index is 1.69. The van der Waals surface area contributed by atoms with Gasteiger partial charge in [0.05, 0.1) is 10.6 Å². The number of carbonyl (C=O) groups is 2. The molecule has 9 heteroatoms. The zero-order valence-electron chi connectivity index (χ0n) is 23.8. The normalized spacial score (nSPS) is 14.7. The average Bonchev–Trinajstić information content (AvgIpc) is 2.97. The van der Waals surface area contributed by atoms with E-state index >= 15 is 0 Å². The molecular formula is C32H38FN3O4S. The van der Waals surface area contributed by atoms with Crippen LogP contribution in [0, 0.1) is 19.7 Å². The van der Waals surface area contributed by atoms with Crippen LogP contribution < -0.4 is 9.62 Å². The monoisotopic (exact) mass is 579 g/mol. The lowest BCUT2D eigenvalue weighted by molar-refractivity contribution is -0.139. The maximum absolute atomic E-state index is 14.1. The fraction of sp³-hybridized carbons (Fsp3) is 0.375. The van der Waals surface area contributed by atoms with Crippen molar-refractivity contribution in [1.82, 2.24) is 10.2 Å². The Bertz CT molecular complexity index is 1460. The van der Waals surface area contributed by atoms with Gasteiger partial charge in [-0.05, 0) is 80.6 Å². The second-order valence-electron chi connectivity index (χ2n) is 10.8. The van der Waals surface area contributed by atoms with E-state index in [-0.39, 0.29) is 23.4 Å². The highest BCUT2D eigenvalue weighted by Gasteiger charge is 2.33. The Morgan fingerprint density at radius 1 is 0.951 bits per heavy atom. The number of rotatable bonds is 10. The minimum absolute atomic E-state index is 0.0182. The minimum atomic E-state index is -4.13. The molecule has 0 heterocycles. The average molecular weight is 580 g/mol. The van der Waals surface area contributed by atoms with Crippen LogP contribution >= 0.6 is 0 Å². The van der Waals surface area contributed by atoms with Crippen molar-refractivity contribution < 1.29 is 22.4 Å². The number of amides is 2. The zero-order valence-corrected chi connectivity index (χ0v) is 24.7. The van der Waals surface area contributed by atoms with Crippen LogP contribution in [0.1, 0.15) is 55.7 Å². The number of aryl methyl sites for hydroxylation is 2. The van der Waals surface area contributed by atoms with Crippen LogP contribution in [0.2, 0.25) is 0 Å². The summed E-state index contributed by atoms with van der Waals surface area (Å²) in [4.78, 5) is 28.9. The van der Waals surface area contributed by atoms with Crippen LogP contribution in [-0.4, -0.2) is 43.8 Å². The van der Waals surface area contributed by atoms with Gasteiger partial charge >= 0.3 is 0 Å². The number of anilines is 1. The van der Waals surface area contributed by atoms with Crippen molar-refractivity contribution in [3.8, 4) is 0 Å². The minimum Gasteiger partial charge on any atom is -0.352 e. The Morgan fingerprint density at radius 3 is 2.27 bits per heavy atom. The van der Waals surface area contributed by atoms with Gasteiger partial charge in [-0.2, -0.15) is 0 Å². The summed E-state index contributed by atoms with van der Waals surface area (Å²) in [6.07, 6.45) is 5.00. The number of benzene rings is 3. The van der Waals surface area contributed by atoms with E-state index in [2.05, 4.69) is 5.32 Å². The highest BCUT2D eigenvalue weighted by atomic mass is 32.2. The SMILES string of the molecule is Cc1ccc(C)c(N(CC(=O)N(Cc2ccc(F)cc2)[C@@H](C)C(=O)NC2CCCCC2)S(=O)(=O)c2ccccc2)c1. The molecule has 7 nitrogen and oxygen atoms in total. The fourth-order valence-electron chi connectivity index (χ4n) is 5.16. The largest absolute Gasteiger partial charge is 0.352 e. The maximum atomic E-state index is 14.1. The molecule has 0 aliphatic heterocycles. The fourth-order valence-corrected chi connectivity index (χ4v) is 6.65. The highest BCUT2D eigenvalue weighted by molar-refractivity contribution is 7.92. The molecule has 0 bridgehead atoms. The molecule has 1 N–H and O–H groups in total. The number of hydrogen-bond donors (Lipinski definition) is 1. The summed E-state index contributed by atoms with van der Waals surface area (Å²) >= 11 is 0. The van der Waals surface area contributed by atoms with E-state index in [9.17, 15) is 22.4 Å². The highest BCUT2D eigenvalue weighted by Crippen LogP contribution is 2.28. The van der Waals surface area contributed by atoms with Crippen LogP contribution in [0.25, 0.3) is 0 Å². The zero-order chi connectivity index (χ0) is 29.6. The van der Waals surface area contributed by atoms with Gasteiger partial charge in [0, 0.05) is 12.6 Å². The molecule has 1 saturated carbocycles. The standard InChI is InChI=1S/C32H38FN3O4S/c1-23-14-15-24(2)30(20-23)36(41(39,40)29-12-8-5-9-13-29)22-31(37)35(21-26-16-18-27(33)19-17-26)25(3)32(38)34-28-10-6-4-7-11-28/h5,8-9,12-20,25,28H,4,6-7,10-11,21-22H2,1-3H3,(H,34,38)/t25-/m0/s1. The molecule has 0 aromatic heterocycles. The first-order valence-corrected chi connectivity index (χ1v) is 15.5. The third-order valence-corrected chi connectivity index (χ3v) is 9.40. The van der Waals surface area contributed by atoms with Gasteiger partial charge in [-0.3, -0.25) is 13.9 Å². The third kappa shape index (κ3) is 7.52. The van der Waals surface area contributed by atoms with Gasteiger partial charge < -0.3 is 10.2 Å². The first-order valence-electron chi connectivity index (χ1n) is 14.1. The first kappa shape index (κ1) is 30.2. The second-order valence-corrected chi connectivity index (χ2v) is 12.6. The molecule has 1 atom stereocenters. The molecule has 0 radical (unpaired) electrons. The molecule has 1 aliphatic rings. The van der Waals surface area contributed by atoms with Crippen LogP contribution in [0.4, 0.5) is 10.1 Å². The van der Waals surface area contributed by atoms with Crippen molar-refractivity contribution >= 4 is 27.5 Å². The van der Waals surface area contributed by atoms with Crippen LogP contribution in [0.5, 0.6) is 0 Å². The third-order valence-electron chi connectivity index (χ3n) is 7.63. The Morgan fingerprint density at radius 2 is 1.61 bits per heavy atom. The summed E-state index contributed by atoms with van der Waals surface area (Å²) in [7, 11) is -4.13. The van der Waals surface area contributed by atoms with E-state index in [1.54, 1.807) is 50.2 Å². The van der Waals surface area contributed by atoms with Crippen molar-refractivity contribution in [2.75, 3.05) is 10.8 Å². The summed E-state index contributed by atoms with van der Waals surface area (Å²) in [6, 6.07) is 18.3. The lowest BCUT2D eigenvalue weighted by atomic mass is 9.95. The van der Waals surface area contributed by atoms with E-state index in [0.717, 1.165) is 42.0 Å². The molecule has 41 heavy (non-hydrogen) atoms. The number of nitrogens with one attached hydrogen (secondary N) is 1. The van der Waals surface area contributed by atoms with Crippen molar-refractivity contribution in [3.63, 3.8) is 0 Å². The molecule has 0 spiro atoms. The molecule has 2 amide bonds. The van der Waals surface area contributed by atoms with Gasteiger partial charge in [0.25, 0.3) is 10.0 Å². The van der Waals surface area contributed by atoms with Crippen LogP contribution in [0.15, 0.2) is 77.7 Å². The molecule has 218 valence electrons. The van der Waals surface area contributed by atoms with Crippen LogP contribution in [-0.2, 0) is 26.2 Å². The maximum Gasteiger partial charge on any atom is 0.264 e. The van der Waals surface area contributed by atoms with Gasteiger partial charge in [-0.15, -0.1) is 0 Å². The summed E-state index contributed by atoms with van der Waals surface area (Å²) in [5, 5.41) is 3.08. The number of hydrogen-bond acceptors (Lipinski definition) is 4. The predicted molar refractivity (Wildman–Crippen MR) is 158 cm³/mol. The van der Waals surface area contributed by atoms with Gasteiger partial charge in [0.2, 0.25) is 11.8 Å². The Kier molecular flexibility index (Phi) is 9.81. The predicted octanol–water partition coefficient (Wildman–Crippen LogP) is 5.50. The van der Waals surface area contributed by atoms with Crippen molar-refractivity contribution in [2.45, 2.75) is 76.4 Å². The summed E-state index contributed by atoms with van der Waals surface area (Å²) in [6.45, 7) is 4.81. The van der Waals surface area contributed by atoms with Gasteiger partial charge in [0.15, 0.2) is 0 Å². The van der Waals surface area contributed by atoms with E-state index < -0.39 is 34.3 Å². The van der Waals surface area contributed by atoms with Crippen molar-refractivity contribution in [3.05, 3.63) is 95.3 Å². The Hall–Kier alpha value is -3.72. The number of halogens is 1. The first-order chi connectivity index (χ1) is 19.6. The molecule has 1 fully saturated rings. The molecule has 0 unspecified atom stereocenters. The molecule has 1 aliphatic carbocycles. The van der Waals surface area contributed by atoms with Crippen LogP contribution in [0.3, 0.4) is 0 Å². The van der Waals surface area contributed by atoms with E-state index in [1.165, 1.54) is 29.2 Å². The summed E-state index contributed by atoms with van der Waals surface area (Å²) < 4.78 is 42.7. The summed E-state index contributed by atoms with van der Waals surface area (Å²) in [5.74, 6) is -1.25. The quantitative estimate of drug-likeness (QED) is 0.344. The molecular weight excluding hydrogens is 541 g/mol. The molecule has 3 aromatic carbocycles. The van der Waals surface area contributed by atoms with E-state index in [0.29, 0.717) is 16.8 Å². The van der Waals surface area contributed by atoms with Crippen molar-refractivity contribution in [1.29, 1.82) is 0 Å². The van der Waals surface area contributed by atoms with Gasteiger partial charge in [0.1, 0.15) is 18.4 Å².